The summed E-state index contributed by atoms with van der Waals surface area (Å²) in [5, 5.41) is 10.1. The monoisotopic (exact) mass is 412 g/mol. The fourth-order valence-electron chi connectivity index (χ4n) is 2.74. The Morgan fingerprint density at radius 2 is 1.75 bits per heavy atom. The first-order valence-corrected chi connectivity index (χ1v) is 10.6. The summed E-state index contributed by atoms with van der Waals surface area (Å²) >= 11 is 7.07. The number of aromatic nitrogens is 3. The maximum atomic E-state index is 12.2. The van der Waals surface area contributed by atoms with E-state index in [1.54, 1.807) is 11.8 Å². The van der Waals surface area contributed by atoms with Crippen LogP contribution in [0, 0.1) is 18.6 Å². The average Bonchev–Trinajstić information content (AvgIpc) is 3.06. The zero-order chi connectivity index (χ0) is 19.9. The molecule has 0 saturated heterocycles. The summed E-state index contributed by atoms with van der Waals surface area (Å²) in [4.78, 5) is 13.4. The molecule has 0 atom stereocenters. The third kappa shape index (κ3) is 5.56. The number of thioether (sulfide) groups is 1. The minimum atomic E-state index is 0.0162. The first kappa shape index (κ1) is 20.4. The van der Waals surface area contributed by atoms with E-state index in [2.05, 4.69) is 46.7 Å². The number of benzene rings is 2. The molecule has 0 radical (unpaired) electrons. The van der Waals surface area contributed by atoms with Crippen LogP contribution in [0.1, 0.15) is 17.5 Å². The van der Waals surface area contributed by atoms with Crippen molar-refractivity contribution >= 4 is 29.9 Å². The van der Waals surface area contributed by atoms with Crippen LogP contribution < -0.4 is 5.32 Å². The van der Waals surface area contributed by atoms with E-state index >= 15 is 0 Å². The largest absolute Gasteiger partial charge is 0.355 e. The second-order valence-electron chi connectivity index (χ2n) is 6.63. The fourth-order valence-corrected chi connectivity index (χ4v) is 3.74. The number of rotatable bonds is 8. The van der Waals surface area contributed by atoms with Crippen LogP contribution in [0.15, 0.2) is 53.4 Å². The van der Waals surface area contributed by atoms with Crippen molar-refractivity contribution in [2.75, 3.05) is 12.3 Å². The Hall–Kier alpha value is -2.38. The highest BCUT2D eigenvalue weighted by Gasteiger charge is 2.10. The molecule has 2 aromatic carbocycles. The Kier molecular flexibility index (Phi) is 7.06. The maximum Gasteiger partial charge on any atom is 0.221 e. The van der Waals surface area contributed by atoms with Gasteiger partial charge in [0.05, 0.1) is 0 Å². The number of amides is 1. The van der Waals surface area contributed by atoms with Gasteiger partial charge in [0.15, 0.2) is 10.6 Å². The molecule has 7 heteroatoms. The van der Waals surface area contributed by atoms with Crippen molar-refractivity contribution in [3.05, 3.63) is 64.4 Å². The Bertz CT molecular complexity index is 975. The maximum absolute atomic E-state index is 12.2. The van der Waals surface area contributed by atoms with Crippen LogP contribution in [0.5, 0.6) is 0 Å². The van der Waals surface area contributed by atoms with E-state index in [1.807, 2.05) is 35.8 Å². The number of aromatic amines is 1. The molecule has 28 heavy (non-hydrogen) atoms. The highest BCUT2D eigenvalue weighted by Crippen LogP contribution is 2.19. The number of aryl methyl sites for hydroxylation is 2. The molecule has 2 N–H and O–H groups in total. The van der Waals surface area contributed by atoms with Crippen molar-refractivity contribution in [1.29, 1.82) is 0 Å². The third-order valence-corrected chi connectivity index (χ3v) is 5.67. The molecule has 5 nitrogen and oxygen atoms in total. The van der Waals surface area contributed by atoms with Crippen LogP contribution in [0.2, 0.25) is 0 Å². The van der Waals surface area contributed by atoms with Gasteiger partial charge in [0.1, 0.15) is 0 Å². The second-order valence-corrected chi connectivity index (χ2v) is 8.19. The molecule has 0 fully saturated rings. The summed E-state index contributed by atoms with van der Waals surface area (Å²) in [6, 6.07) is 16.5. The van der Waals surface area contributed by atoms with Gasteiger partial charge in [-0.25, -0.2) is 0 Å². The fraction of sp³-hybridized carbons (Fsp3) is 0.286. The summed E-state index contributed by atoms with van der Waals surface area (Å²) < 4.78 is 2.40. The van der Waals surface area contributed by atoms with Gasteiger partial charge in [-0.3, -0.25) is 14.5 Å². The Balaban J connectivity index is 1.48. The minimum absolute atomic E-state index is 0.0162. The molecule has 0 spiro atoms. The van der Waals surface area contributed by atoms with E-state index in [0.717, 1.165) is 17.1 Å². The molecule has 0 aliphatic heterocycles. The van der Waals surface area contributed by atoms with E-state index in [0.29, 0.717) is 24.3 Å². The summed E-state index contributed by atoms with van der Waals surface area (Å²) in [6.45, 7) is 5.25. The summed E-state index contributed by atoms with van der Waals surface area (Å²) in [5.74, 6) is 1.62. The SMILES string of the molecule is Cc1ccc(SCCNC(=O)CCn2c(-c3ccc(C)cc3)n[nH]c2=S)cc1. The molecule has 0 aliphatic carbocycles. The van der Waals surface area contributed by atoms with E-state index in [-0.39, 0.29) is 5.91 Å². The predicted octanol–water partition coefficient (Wildman–Crippen LogP) is 4.52. The van der Waals surface area contributed by atoms with Crippen LogP contribution in [-0.2, 0) is 11.3 Å². The highest BCUT2D eigenvalue weighted by molar-refractivity contribution is 7.99. The second kappa shape index (κ2) is 9.71. The van der Waals surface area contributed by atoms with Crippen molar-refractivity contribution in [3.63, 3.8) is 0 Å². The molecule has 1 amide bonds. The van der Waals surface area contributed by atoms with E-state index in [9.17, 15) is 4.79 Å². The van der Waals surface area contributed by atoms with Crippen molar-refractivity contribution in [1.82, 2.24) is 20.1 Å². The molecule has 146 valence electrons. The van der Waals surface area contributed by atoms with Crippen LogP contribution >= 0.6 is 24.0 Å². The normalized spacial score (nSPS) is 10.8. The van der Waals surface area contributed by atoms with Crippen LogP contribution in [-0.4, -0.2) is 33.0 Å². The summed E-state index contributed by atoms with van der Waals surface area (Å²) in [5.41, 5.74) is 3.42. The molecule has 0 bridgehead atoms. The van der Waals surface area contributed by atoms with Crippen molar-refractivity contribution in [3.8, 4) is 11.4 Å². The number of H-pyrrole nitrogens is 1. The van der Waals surface area contributed by atoms with Gasteiger partial charge in [0, 0.05) is 35.7 Å². The number of carbonyl (C=O) groups is 1. The quantitative estimate of drug-likeness (QED) is 0.324. The van der Waals surface area contributed by atoms with Crippen LogP contribution in [0.4, 0.5) is 0 Å². The Morgan fingerprint density at radius 1 is 1.11 bits per heavy atom. The van der Waals surface area contributed by atoms with E-state index in [4.69, 9.17) is 12.2 Å². The molecule has 3 rings (SSSR count). The number of nitrogens with zero attached hydrogens (tertiary/aromatic N) is 2. The Morgan fingerprint density at radius 3 is 2.43 bits per heavy atom. The molecule has 3 aromatic rings. The molecule has 0 unspecified atom stereocenters. The lowest BCUT2D eigenvalue weighted by Crippen LogP contribution is -2.26. The standard InChI is InChI=1S/C21H24N4OS2/c1-15-3-7-17(8-4-15)20-23-24-21(27)25(20)13-11-19(26)22-12-14-28-18-9-5-16(2)6-10-18/h3-10H,11-14H2,1-2H3,(H,22,26)(H,24,27). The van der Waals surface area contributed by atoms with E-state index < -0.39 is 0 Å². The zero-order valence-corrected chi connectivity index (χ0v) is 17.7. The predicted molar refractivity (Wildman–Crippen MR) is 117 cm³/mol. The lowest BCUT2D eigenvalue weighted by Gasteiger charge is -2.08. The third-order valence-electron chi connectivity index (χ3n) is 4.34. The Labute approximate surface area is 174 Å². The molecule has 1 heterocycles. The van der Waals surface area contributed by atoms with Gasteiger partial charge in [0.25, 0.3) is 0 Å². The molecule has 0 aliphatic rings. The topological polar surface area (TPSA) is 62.7 Å². The van der Waals surface area contributed by atoms with Gasteiger partial charge in [-0.2, -0.15) is 5.10 Å². The molecule has 1 aromatic heterocycles. The highest BCUT2D eigenvalue weighted by atomic mass is 32.2. The average molecular weight is 413 g/mol. The van der Waals surface area contributed by atoms with Crippen molar-refractivity contribution < 1.29 is 4.79 Å². The van der Waals surface area contributed by atoms with Gasteiger partial charge < -0.3 is 5.32 Å². The van der Waals surface area contributed by atoms with E-state index in [1.165, 1.54) is 16.0 Å². The van der Waals surface area contributed by atoms with Gasteiger partial charge in [0.2, 0.25) is 5.91 Å². The lowest BCUT2D eigenvalue weighted by atomic mass is 10.1. The van der Waals surface area contributed by atoms with Crippen LogP contribution in [0.3, 0.4) is 0 Å². The first-order chi connectivity index (χ1) is 13.5. The van der Waals surface area contributed by atoms with Crippen LogP contribution in [0.25, 0.3) is 11.4 Å². The summed E-state index contributed by atoms with van der Waals surface area (Å²) in [7, 11) is 0. The first-order valence-electron chi connectivity index (χ1n) is 9.21. The summed E-state index contributed by atoms with van der Waals surface area (Å²) in [6.07, 6.45) is 0.363. The number of hydrogen-bond donors (Lipinski definition) is 2. The smallest absolute Gasteiger partial charge is 0.221 e. The minimum Gasteiger partial charge on any atom is -0.355 e. The van der Waals surface area contributed by atoms with Crippen molar-refractivity contribution in [2.24, 2.45) is 0 Å². The van der Waals surface area contributed by atoms with Gasteiger partial charge in [-0.05, 0) is 38.2 Å². The molecule has 0 saturated carbocycles. The van der Waals surface area contributed by atoms with Gasteiger partial charge in [-0.15, -0.1) is 11.8 Å². The van der Waals surface area contributed by atoms with Gasteiger partial charge in [-0.1, -0.05) is 47.5 Å². The zero-order valence-electron chi connectivity index (χ0n) is 16.1. The number of hydrogen-bond acceptors (Lipinski definition) is 4. The number of carbonyl (C=O) groups excluding carboxylic acids is 1. The van der Waals surface area contributed by atoms with Gasteiger partial charge >= 0.3 is 0 Å². The van der Waals surface area contributed by atoms with Crippen molar-refractivity contribution in [2.45, 2.75) is 31.7 Å². The number of nitrogens with one attached hydrogen (secondary N) is 2. The lowest BCUT2D eigenvalue weighted by molar-refractivity contribution is -0.121. The molecular formula is C21H24N4OS2. The molecular weight excluding hydrogens is 388 g/mol.